The van der Waals surface area contributed by atoms with Gasteiger partial charge >= 0.3 is 11.7 Å². The molecule has 7 heteroatoms. The van der Waals surface area contributed by atoms with Gasteiger partial charge in [0.25, 0.3) is 0 Å². The number of aryl methyl sites for hydroxylation is 2. The maximum absolute atomic E-state index is 12.4. The molecule has 146 valence electrons. The minimum Gasteiger partial charge on any atom is -0.462 e. The van der Waals surface area contributed by atoms with Crippen LogP contribution in [0.4, 0.5) is 5.69 Å². The van der Waals surface area contributed by atoms with Crippen LogP contribution in [0.1, 0.15) is 30.1 Å². The zero-order valence-electron chi connectivity index (χ0n) is 16.0. The summed E-state index contributed by atoms with van der Waals surface area (Å²) in [4.78, 5) is 36.5. The molecule has 1 amide bonds. The number of para-hydroxylation sites is 2. The number of amides is 1. The second-order valence-corrected chi connectivity index (χ2v) is 6.49. The van der Waals surface area contributed by atoms with Crippen LogP contribution >= 0.6 is 0 Å². The summed E-state index contributed by atoms with van der Waals surface area (Å²) in [6.07, 6.45) is 0.924. The molecule has 1 heterocycles. The van der Waals surface area contributed by atoms with Crippen LogP contribution < -0.4 is 11.0 Å². The minimum absolute atomic E-state index is 0.149. The average Bonchev–Trinajstić information content (AvgIpc) is 2.95. The molecule has 28 heavy (non-hydrogen) atoms. The van der Waals surface area contributed by atoms with Crippen LogP contribution in [0.15, 0.2) is 53.3 Å². The molecule has 3 aromatic rings. The van der Waals surface area contributed by atoms with Gasteiger partial charge in [-0.25, -0.2) is 9.59 Å². The highest BCUT2D eigenvalue weighted by molar-refractivity contribution is 5.93. The van der Waals surface area contributed by atoms with Crippen molar-refractivity contribution in [1.29, 1.82) is 0 Å². The second-order valence-electron chi connectivity index (χ2n) is 6.49. The van der Waals surface area contributed by atoms with Crippen LogP contribution in [-0.2, 0) is 23.1 Å². The fourth-order valence-electron chi connectivity index (χ4n) is 2.98. The predicted molar refractivity (Wildman–Crippen MR) is 107 cm³/mol. The van der Waals surface area contributed by atoms with E-state index in [-0.39, 0.29) is 30.5 Å². The van der Waals surface area contributed by atoms with Crippen LogP contribution in [0.3, 0.4) is 0 Å². The van der Waals surface area contributed by atoms with E-state index in [2.05, 4.69) is 5.32 Å². The van der Waals surface area contributed by atoms with E-state index in [9.17, 15) is 14.4 Å². The minimum atomic E-state index is -0.380. The highest BCUT2D eigenvalue weighted by atomic mass is 16.5. The largest absolute Gasteiger partial charge is 0.462 e. The summed E-state index contributed by atoms with van der Waals surface area (Å²) in [5, 5.41) is 2.78. The van der Waals surface area contributed by atoms with Crippen molar-refractivity contribution in [2.75, 3.05) is 11.9 Å². The Kier molecular flexibility index (Phi) is 5.93. The number of esters is 1. The number of nitrogens with zero attached hydrogens (tertiary/aromatic N) is 2. The molecule has 0 unspecified atom stereocenters. The molecule has 0 aliphatic rings. The topological polar surface area (TPSA) is 82.3 Å². The molecule has 7 nitrogen and oxygen atoms in total. The number of nitrogens with one attached hydrogen (secondary N) is 1. The molecular formula is C21H23N3O4. The van der Waals surface area contributed by atoms with Gasteiger partial charge in [0.1, 0.15) is 0 Å². The maximum atomic E-state index is 12.4. The number of anilines is 1. The van der Waals surface area contributed by atoms with E-state index in [1.165, 1.54) is 0 Å². The van der Waals surface area contributed by atoms with Gasteiger partial charge < -0.3 is 10.1 Å². The Morgan fingerprint density at radius 1 is 1.04 bits per heavy atom. The number of carbonyl (C=O) groups is 2. The SMILES string of the molecule is CCCOC(=O)c1ccc(NC(=O)CCn2c(=O)n(C)c3ccccc32)cc1. The number of imidazole rings is 1. The van der Waals surface area contributed by atoms with Gasteiger partial charge in [-0.1, -0.05) is 19.1 Å². The third-order valence-corrected chi connectivity index (χ3v) is 4.46. The van der Waals surface area contributed by atoms with Crippen molar-refractivity contribution in [2.45, 2.75) is 26.3 Å². The van der Waals surface area contributed by atoms with E-state index >= 15 is 0 Å². The Morgan fingerprint density at radius 3 is 2.39 bits per heavy atom. The summed E-state index contributed by atoms with van der Waals surface area (Å²) in [5.74, 6) is -0.587. The molecule has 1 aromatic heterocycles. The van der Waals surface area contributed by atoms with E-state index in [1.807, 2.05) is 31.2 Å². The summed E-state index contributed by atoms with van der Waals surface area (Å²) in [5.41, 5.74) is 2.51. The Bertz CT molecular complexity index is 1050. The lowest BCUT2D eigenvalue weighted by Gasteiger charge is -2.07. The quantitative estimate of drug-likeness (QED) is 0.638. The van der Waals surface area contributed by atoms with Gasteiger partial charge in [-0.15, -0.1) is 0 Å². The molecule has 0 atom stereocenters. The van der Waals surface area contributed by atoms with Crippen LogP contribution in [0.25, 0.3) is 11.0 Å². The van der Waals surface area contributed by atoms with Crippen molar-refractivity contribution < 1.29 is 14.3 Å². The first kappa shape index (κ1) is 19.4. The first-order valence-corrected chi connectivity index (χ1v) is 9.22. The third-order valence-electron chi connectivity index (χ3n) is 4.46. The van der Waals surface area contributed by atoms with E-state index in [4.69, 9.17) is 4.74 Å². The molecule has 0 bridgehead atoms. The number of hydrogen-bond acceptors (Lipinski definition) is 4. The van der Waals surface area contributed by atoms with Crippen molar-refractivity contribution in [3.8, 4) is 0 Å². The number of fused-ring (bicyclic) bond motifs is 1. The van der Waals surface area contributed by atoms with Gasteiger partial charge in [0.2, 0.25) is 5.91 Å². The monoisotopic (exact) mass is 381 g/mol. The van der Waals surface area contributed by atoms with Crippen LogP contribution in [0.2, 0.25) is 0 Å². The molecule has 0 aliphatic heterocycles. The zero-order valence-corrected chi connectivity index (χ0v) is 16.0. The van der Waals surface area contributed by atoms with Crippen LogP contribution in [0.5, 0.6) is 0 Å². The molecule has 0 saturated carbocycles. The summed E-state index contributed by atoms with van der Waals surface area (Å²) in [6.45, 7) is 2.59. The van der Waals surface area contributed by atoms with Gasteiger partial charge in [0.05, 0.1) is 23.2 Å². The summed E-state index contributed by atoms with van der Waals surface area (Å²) >= 11 is 0. The molecule has 0 radical (unpaired) electrons. The van der Waals surface area contributed by atoms with Gasteiger partial charge in [-0.2, -0.15) is 0 Å². The lowest BCUT2D eigenvalue weighted by molar-refractivity contribution is -0.116. The van der Waals surface area contributed by atoms with Gasteiger partial charge in [-0.3, -0.25) is 13.9 Å². The van der Waals surface area contributed by atoms with Crippen molar-refractivity contribution in [3.63, 3.8) is 0 Å². The molecule has 3 rings (SSSR count). The smallest absolute Gasteiger partial charge is 0.338 e. The summed E-state index contributed by atoms with van der Waals surface area (Å²) in [7, 11) is 1.72. The number of aromatic nitrogens is 2. The lowest BCUT2D eigenvalue weighted by Crippen LogP contribution is -2.24. The zero-order chi connectivity index (χ0) is 20.1. The van der Waals surface area contributed by atoms with Crippen molar-refractivity contribution >= 4 is 28.6 Å². The first-order chi connectivity index (χ1) is 13.5. The van der Waals surface area contributed by atoms with Crippen molar-refractivity contribution in [3.05, 3.63) is 64.6 Å². The Hall–Kier alpha value is -3.35. The van der Waals surface area contributed by atoms with Gasteiger partial charge in [-0.05, 0) is 42.8 Å². The molecule has 0 spiro atoms. The normalized spacial score (nSPS) is 10.8. The Labute approximate surface area is 162 Å². The molecule has 0 aliphatic carbocycles. The van der Waals surface area contributed by atoms with Crippen LogP contribution in [0, 0.1) is 0 Å². The fourth-order valence-corrected chi connectivity index (χ4v) is 2.98. The van der Waals surface area contributed by atoms with Crippen molar-refractivity contribution in [2.24, 2.45) is 7.05 Å². The molecular weight excluding hydrogens is 358 g/mol. The number of ether oxygens (including phenoxy) is 1. The Morgan fingerprint density at radius 2 is 1.71 bits per heavy atom. The maximum Gasteiger partial charge on any atom is 0.338 e. The number of carbonyl (C=O) groups excluding carboxylic acids is 2. The van der Waals surface area contributed by atoms with Crippen LogP contribution in [-0.4, -0.2) is 27.6 Å². The van der Waals surface area contributed by atoms with Gasteiger partial charge in [0, 0.05) is 25.7 Å². The number of benzene rings is 2. The van der Waals surface area contributed by atoms with Crippen molar-refractivity contribution in [1.82, 2.24) is 9.13 Å². The molecule has 0 fully saturated rings. The number of rotatable bonds is 7. The Balaban J connectivity index is 1.62. The van der Waals surface area contributed by atoms with Gasteiger partial charge in [0.15, 0.2) is 0 Å². The first-order valence-electron chi connectivity index (χ1n) is 9.22. The highest BCUT2D eigenvalue weighted by Crippen LogP contribution is 2.13. The van der Waals surface area contributed by atoms with E-state index < -0.39 is 0 Å². The second kappa shape index (κ2) is 8.56. The van der Waals surface area contributed by atoms with E-state index in [1.54, 1.807) is 40.4 Å². The molecule has 1 N–H and O–H groups in total. The average molecular weight is 381 g/mol. The third kappa shape index (κ3) is 4.14. The van der Waals surface area contributed by atoms with E-state index in [0.29, 0.717) is 17.9 Å². The summed E-state index contributed by atoms with van der Waals surface area (Å²) in [6, 6.07) is 14.0. The molecule has 2 aromatic carbocycles. The highest BCUT2D eigenvalue weighted by Gasteiger charge is 2.12. The lowest BCUT2D eigenvalue weighted by atomic mass is 10.2. The predicted octanol–water partition coefficient (Wildman–Crippen LogP) is 2.94. The van der Waals surface area contributed by atoms with E-state index in [0.717, 1.165) is 17.5 Å². The number of hydrogen-bond donors (Lipinski definition) is 1. The fraction of sp³-hybridized carbons (Fsp3) is 0.286. The summed E-state index contributed by atoms with van der Waals surface area (Å²) < 4.78 is 8.25. The standard InChI is InChI=1S/C21H23N3O4/c1-3-14-28-20(26)15-8-10-16(11-9-15)22-19(25)12-13-24-18-7-5-4-6-17(18)23(2)21(24)27/h4-11H,3,12-14H2,1-2H3,(H,22,25). The molecule has 0 saturated heterocycles.